The maximum atomic E-state index is 5.51. The number of thiazole rings is 1. The Labute approximate surface area is 87.9 Å². The van der Waals surface area contributed by atoms with E-state index in [1.807, 2.05) is 18.0 Å². The van der Waals surface area contributed by atoms with E-state index in [-0.39, 0.29) is 0 Å². The summed E-state index contributed by atoms with van der Waals surface area (Å²) in [5, 5.41) is 1.18. The highest BCUT2D eigenvalue weighted by Gasteiger charge is 2.11. The predicted octanol–water partition coefficient (Wildman–Crippen LogP) is 2.63. The van der Waals surface area contributed by atoms with Gasteiger partial charge < -0.3 is 5.73 Å². The zero-order valence-electron chi connectivity index (χ0n) is 8.33. The van der Waals surface area contributed by atoms with Gasteiger partial charge in [-0.2, -0.15) is 0 Å². The molecule has 1 rings (SSSR count). The first kappa shape index (κ1) is 11.0. The minimum absolute atomic E-state index is 0.314. The fraction of sp³-hybridized carbons (Fsp3) is 0.667. The van der Waals surface area contributed by atoms with E-state index in [1.165, 1.54) is 9.88 Å². The number of thioether (sulfide) groups is 1. The van der Waals surface area contributed by atoms with Crippen molar-refractivity contribution in [1.29, 1.82) is 0 Å². The monoisotopic (exact) mass is 216 g/mol. The molecule has 0 unspecified atom stereocenters. The van der Waals surface area contributed by atoms with E-state index in [0.29, 0.717) is 11.3 Å². The van der Waals surface area contributed by atoms with Crippen LogP contribution in [0.15, 0.2) is 6.20 Å². The highest BCUT2D eigenvalue weighted by molar-refractivity contribution is 7.99. The van der Waals surface area contributed by atoms with Crippen molar-refractivity contribution in [2.24, 2.45) is 5.73 Å². The molecule has 0 radical (unpaired) electrons. The van der Waals surface area contributed by atoms with Gasteiger partial charge in [-0.05, 0) is 0 Å². The Morgan fingerprint density at radius 2 is 2.23 bits per heavy atom. The molecule has 0 atom stereocenters. The minimum atomic E-state index is 0.314. The summed E-state index contributed by atoms with van der Waals surface area (Å²) in [6.07, 6.45) is 1.88. The van der Waals surface area contributed by atoms with Gasteiger partial charge in [0.1, 0.15) is 5.01 Å². The molecule has 0 bridgehead atoms. The molecule has 2 N–H and O–H groups in total. The Balaban J connectivity index is 2.46. The average molecular weight is 216 g/mol. The lowest BCUT2D eigenvalue weighted by Gasteiger charge is -2.15. The molecule has 1 aromatic rings. The van der Waals surface area contributed by atoms with Crippen LogP contribution in [0.1, 0.15) is 30.7 Å². The summed E-state index contributed by atoms with van der Waals surface area (Å²) in [6, 6.07) is 0. The molecule has 0 amide bonds. The van der Waals surface area contributed by atoms with Crippen LogP contribution in [-0.2, 0) is 12.3 Å². The van der Waals surface area contributed by atoms with Gasteiger partial charge in [-0.25, -0.2) is 4.98 Å². The minimum Gasteiger partial charge on any atom is -0.326 e. The molecule has 0 saturated carbocycles. The number of hydrogen-bond donors (Lipinski definition) is 1. The number of rotatable bonds is 3. The zero-order chi connectivity index (χ0) is 9.90. The van der Waals surface area contributed by atoms with Crippen LogP contribution < -0.4 is 5.73 Å². The van der Waals surface area contributed by atoms with Crippen molar-refractivity contribution in [1.82, 2.24) is 4.98 Å². The van der Waals surface area contributed by atoms with Crippen LogP contribution in [0.5, 0.6) is 0 Å². The van der Waals surface area contributed by atoms with Crippen LogP contribution in [0.25, 0.3) is 0 Å². The third-order valence-electron chi connectivity index (χ3n) is 1.43. The van der Waals surface area contributed by atoms with Gasteiger partial charge in [0.25, 0.3) is 0 Å². The number of aromatic nitrogens is 1. The first-order valence-electron chi connectivity index (χ1n) is 4.29. The Hall–Kier alpha value is -0.0600. The lowest BCUT2D eigenvalue weighted by Crippen LogP contribution is -2.07. The lowest BCUT2D eigenvalue weighted by atomic mass is 10.3. The van der Waals surface area contributed by atoms with E-state index >= 15 is 0 Å². The van der Waals surface area contributed by atoms with Crippen LogP contribution in [0, 0.1) is 0 Å². The van der Waals surface area contributed by atoms with Crippen molar-refractivity contribution in [3.8, 4) is 0 Å². The van der Waals surface area contributed by atoms with E-state index in [0.717, 1.165) is 5.75 Å². The molecule has 0 aliphatic carbocycles. The second-order valence-corrected chi connectivity index (χ2v) is 6.83. The van der Waals surface area contributed by atoms with Gasteiger partial charge in [0, 0.05) is 28.1 Å². The fourth-order valence-corrected chi connectivity index (χ4v) is 2.43. The average Bonchev–Trinajstić information content (AvgIpc) is 2.47. The summed E-state index contributed by atoms with van der Waals surface area (Å²) in [5.41, 5.74) is 5.51. The maximum absolute atomic E-state index is 5.51. The largest absolute Gasteiger partial charge is 0.326 e. The summed E-state index contributed by atoms with van der Waals surface area (Å²) in [5.74, 6) is 0.994. The van der Waals surface area contributed by atoms with E-state index in [9.17, 15) is 0 Å². The number of hydrogen-bond acceptors (Lipinski definition) is 4. The van der Waals surface area contributed by atoms with E-state index in [4.69, 9.17) is 5.73 Å². The highest BCUT2D eigenvalue weighted by atomic mass is 32.2. The molecule has 74 valence electrons. The topological polar surface area (TPSA) is 38.9 Å². The normalized spacial score (nSPS) is 12.0. The predicted molar refractivity (Wildman–Crippen MR) is 61.1 cm³/mol. The van der Waals surface area contributed by atoms with Gasteiger partial charge in [-0.15, -0.1) is 23.1 Å². The first-order chi connectivity index (χ1) is 6.01. The summed E-state index contributed by atoms with van der Waals surface area (Å²) in [6.45, 7) is 7.26. The number of nitrogens with two attached hydrogens (primary N) is 1. The molecule has 0 aromatic carbocycles. The first-order valence-corrected chi connectivity index (χ1v) is 6.09. The summed E-state index contributed by atoms with van der Waals surface area (Å²) >= 11 is 3.63. The SMILES string of the molecule is CC(C)(C)SCc1ncc(CN)s1. The van der Waals surface area contributed by atoms with Crippen molar-refractivity contribution in [2.75, 3.05) is 0 Å². The molecule has 13 heavy (non-hydrogen) atoms. The molecule has 0 spiro atoms. The summed E-state index contributed by atoms with van der Waals surface area (Å²) in [7, 11) is 0. The van der Waals surface area contributed by atoms with Gasteiger partial charge in [0.05, 0.1) is 0 Å². The molecule has 1 aromatic heterocycles. The van der Waals surface area contributed by atoms with E-state index in [1.54, 1.807) is 11.3 Å². The van der Waals surface area contributed by atoms with Gasteiger partial charge in [0.2, 0.25) is 0 Å². The van der Waals surface area contributed by atoms with Gasteiger partial charge in [-0.1, -0.05) is 20.8 Å². The lowest BCUT2D eigenvalue weighted by molar-refractivity contribution is 0.802. The van der Waals surface area contributed by atoms with Crippen molar-refractivity contribution in [2.45, 2.75) is 37.8 Å². The van der Waals surface area contributed by atoms with Crippen LogP contribution in [0.4, 0.5) is 0 Å². The standard InChI is InChI=1S/C9H16N2S2/c1-9(2,3)12-6-8-11-5-7(4-10)13-8/h5H,4,6,10H2,1-3H3. The molecule has 0 fully saturated rings. The van der Waals surface area contributed by atoms with E-state index < -0.39 is 0 Å². The van der Waals surface area contributed by atoms with Crippen molar-refractivity contribution < 1.29 is 0 Å². The highest BCUT2D eigenvalue weighted by Crippen LogP contribution is 2.28. The molecular weight excluding hydrogens is 200 g/mol. The summed E-state index contributed by atoms with van der Waals surface area (Å²) in [4.78, 5) is 5.48. The quantitative estimate of drug-likeness (QED) is 0.844. The Morgan fingerprint density at radius 3 is 2.69 bits per heavy atom. The molecule has 2 nitrogen and oxygen atoms in total. The van der Waals surface area contributed by atoms with Crippen LogP contribution in [0.3, 0.4) is 0 Å². The van der Waals surface area contributed by atoms with Gasteiger partial charge in [0.15, 0.2) is 0 Å². The Morgan fingerprint density at radius 1 is 1.54 bits per heavy atom. The van der Waals surface area contributed by atoms with Gasteiger partial charge in [-0.3, -0.25) is 0 Å². The molecule has 0 saturated heterocycles. The van der Waals surface area contributed by atoms with Crippen LogP contribution >= 0.6 is 23.1 Å². The van der Waals surface area contributed by atoms with Crippen molar-refractivity contribution in [3.05, 3.63) is 16.1 Å². The molecule has 4 heteroatoms. The molecule has 1 heterocycles. The second kappa shape index (κ2) is 4.44. The number of nitrogens with zero attached hydrogens (tertiary/aromatic N) is 1. The fourth-order valence-electron chi connectivity index (χ4n) is 0.787. The zero-order valence-corrected chi connectivity index (χ0v) is 9.97. The third-order valence-corrected chi connectivity index (χ3v) is 3.92. The maximum Gasteiger partial charge on any atom is 0.103 e. The Kier molecular flexibility index (Phi) is 3.76. The molecular formula is C9H16N2S2. The van der Waals surface area contributed by atoms with Crippen LogP contribution in [0.2, 0.25) is 0 Å². The third kappa shape index (κ3) is 4.11. The van der Waals surface area contributed by atoms with Crippen molar-refractivity contribution >= 4 is 23.1 Å². The summed E-state index contributed by atoms with van der Waals surface area (Å²) < 4.78 is 0.314. The van der Waals surface area contributed by atoms with Crippen LogP contribution in [-0.4, -0.2) is 9.73 Å². The van der Waals surface area contributed by atoms with Crippen molar-refractivity contribution in [3.63, 3.8) is 0 Å². The molecule has 0 aliphatic rings. The second-order valence-electron chi connectivity index (χ2n) is 3.83. The van der Waals surface area contributed by atoms with Gasteiger partial charge >= 0.3 is 0 Å². The van der Waals surface area contributed by atoms with E-state index in [2.05, 4.69) is 25.8 Å². The Bertz CT molecular complexity index is 263. The molecule has 0 aliphatic heterocycles. The smallest absolute Gasteiger partial charge is 0.103 e.